The molecule has 0 radical (unpaired) electrons. The maximum Gasteiger partial charge on any atom is 0.349 e. The van der Waals surface area contributed by atoms with E-state index in [1.165, 1.54) is 13.3 Å². The number of hydrogen-bond donors (Lipinski definition) is 1. The summed E-state index contributed by atoms with van der Waals surface area (Å²) in [5.74, 6) is -0.158. The van der Waals surface area contributed by atoms with Crippen LogP contribution < -0.4 is 10.1 Å². The van der Waals surface area contributed by atoms with Crippen molar-refractivity contribution in [1.82, 2.24) is 4.98 Å². The normalized spacial score (nSPS) is 15.8. The Kier molecular flexibility index (Phi) is 4.00. The maximum absolute atomic E-state index is 12.2. The number of fused-ring (bicyclic) bond motifs is 1. The van der Waals surface area contributed by atoms with E-state index >= 15 is 0 Å². The van der Waals surface area contributed by atoms with Crippen LogP contribution in [-0.4, -0.2) is 30.1 Å². The predicted molar refractivity (Wildman–Crippen MR) is 81.7 cm³/mol. The lowest BCUT2D eigenvalue weighted by Gasteiger charge is -2.09. The van der Waals surface area contributed by atoms with Gasteiger partial charge in [0.25, 0.3) is 5.91 Å². The van der Waals surface area contributed by atoms with Gasteiger partial charge in [0.15, 0.2) is 11.2 Å². The molecule has 1 atom stereocenters. The number of ether oxygens (including phenoxy) is 2. The van der Waals surface area contributed by atoms with E-state index in [0.717, 1.165) is 16.9 Å². The zero-order valence-corrected chi connectivity index (χ0v) is 13.0. The number of hydrogen-bond acceptors (Lipinski definition) is 6. The lowest BCUT2D eigenvalue weighted by Crippen LogP contribution is -2.31. The van der Waals surface area contributed by atoms with Crippen molar-refractivity contribution >= 4 is 39.9 Å². The number of thiazole rings is 1. The highest BCUT2D eigenvalue weighted by Crippen LogP contribution is 2.31. The van der Waals surface area contributed by atoms with Gasteiger partial charge < -0.3 is 9.47 Å². The second-order valence-corrected chi connectivity index (χ2v) is 6.04. The number of nitrogens with one attached hydrogen (secondary N) is 1. The third kappa shape index (κ3) is 2.90. The first-order valence-corrected chi connectivity index (χ1v) is 7.56. The van der Waals surface area contributed by atoms with E-state index in [9.17, 15) is 9.59 Å². The molecule has 1 aliphatic heterocycles. The molecule has 2 heterocycles. The summed E-state index contributed by atoms with van der Waals surface area (Å²) in [6.45, 7) is 0. The molecule has 1 aromatic heterocycles. The second-order valence-electron chi connectivity index (χ2n) is 4.57. The zero-order chi connectivity index (χ0) is 15.7. The molecule has 1 aromatic carbocycles. The molecule has 0 spiro atoms. The highest BCUT2D eigenvalue weighted by molar-refractivity contribution is 7.17. The van der Waals surface area contributed by atoms with Crippen molar-refractivity contribution in [2.75, 3.05) is 12.4 Å². The van der Waals surface area contributed by atoms with Crippen LogP contribution in [0.2, 0.25) is 5.02 Å². The molecule has 3 rings (SSSR count). The fourth-order valence-electron chi connectivity index (χ4n) is 2.08. The van der Waals surface area contributed by atoms with Gasteiger partial charge in [-0.2, -0.15) is 0 Å². The van der Waals surface area contributed by atoms with E-state index < -0.39 is 12.1 Å². The van der Waals surface area contributed by atoms with Gasteiger partial charge in [0.05, 0.1) is 13.3 Å². The van der Waals surface area contributed by atoms with Gasteiger partial charge >= 0.3 is 5.97 Å². The topological polar surface area (TPSA) is 77.5 Å². The van der Waals surface area contributed by atoms with E-state index in [4.69, 9.17) is 16.3 Å². The Bertz CT molecular complexity index is 746. The van der Waals surface area contributed by atoms with Crippen molar-refractivity contribution < 1.29 is 19.1 Å². The number of esters is 1. The third-order valence-corrected chi connectivity index (χ3v) is 4.24. The first-order valence-electron chi connectivity index (χ1n) is 6.37. The molecular weight excluding hydrogens is 328 g/mol. The number of aromatic nitrogens is 1. The molecular formula is C14H11ClN2O4S. The molecule has 2 aromatic rings. The monoisotopic (exact) mass is 338 g/mol. The Balaban J connectivity index is 1.66. The number of benzene rings is 1. The molecule has 114 valence electrons. The molecule has 8 heteroatoms. The number of methoxy groups -OCH3 is 1. The van der Waals surface area contributed by atoms with Crippen LogP contribution in [-0.2, 0) is 16.0 Å². The highest BCUT2D eigenvalue weighted by Gasteiger charge is 2.29. The molecule has 1 amide bonds. The van der Waals surface area contributed by atoms with Gasteiger partial charge in [-0.3, -0.25) is 10.1 Å². The fourth-order valence-corrected chi connectivity index (χ4v) is 3.01. The number of nitrogens with zero attached hydrogens (tertiary/aromatic N) is 1. The van der Waals surface area contributed by atoms with E-state index in [-0.39, 0.29) is 5.91 Å². The number of amides is 1. The summed E-state index contributed by atoms with van der Waals surface area (Å²) in [4.78, 5) is 27.8. The van der Waals surface area contributed by atoms with Gasteiger partial charge in [0.1, 0.15) is 10.6 Å². The van der Waals surface area contributed by atoms with E-state index in [1.807, 2.05) is 0 Å². The second kappa shape index (κ2) is 5.94. The first-order chi connectivity index (χ1) is 10.6. The van der Waals surface area contributed by atoms with Crippen molar-refractivity contribution in [2.24, 2.45) is 0 Å². The molecule has 6 nitrogen and oxygen atoms in total. The van der Waals surface area contributed by atoms with Crippen LogP contribution in [0.1, 0.15) is 15.2 Å². The van der Waals surface area contributed by atoms with Crippen LogP contribution in [0.15, 0.2) is 24.4 Å². The molecule has 1 aliphatic rings. The lowest BCUT2D eigenvalue weighted by molar-refractivity contribution is -0.122. The van der Waals surface area contributed by atoms with Gasteiger partial charge in [-0.05, 0) is 23.8 Å². The number of carbonyl (C=O) groups is 2. The molecule has 22 heavy (non-hydrogen) atoms. The molecule has 0 bridgehead atoms. The summed E-state index contributed by atoms with van der Waals surface area (Å²) in [6, 6.07) is 5.23. The Labute approximate surface area is 135 Å². The Morgan fingerprint density at radius 3 is 3.09 bits per heavy atom. The minimum absolute atomic E-state index is 0.320. The summed E-state index contributed by atoms with van der Waals surface area (Å²) >= 11 is 6.96. The molecule has 0 aliphatic carbocycles. The minimum Gasteiger partial charge on any atom is -0.480 e. The van der Waals surface area contributed by atoms with Gasteiger partial charge in [-0.1, -0.05) is 22.9 Å². The maximum atomic E-state index is 12.2. The van der Waals surface area contributed by atoms with Crippen LogP contribution in [0.25, 0.3) is 0 Å². The van der Waals surface area contributed by atoms with Gasteiger partial charge in [-0.15, -0.1) is 0 Å². The van der Waals surface area contributed by atoms with Gasteiger partial charge in [0, 0.05) is 11.4 Å². The van der Waals surface area contributed by atoms with Gasteiger partial charge in [0.2, 0.25) is 0 Å². The SMILES string of the molecule is COC(=O)c1cnc(NC(=O)C2Cc3cc(Cl)ccc3O2)s1. The number of carbonyl (C=O) groups excluding carboxylic acids is 2. The molecule has 0 saturated heterocycles. The van der Waals surface area contributed by atoms with Crippen LogP contribution in [0.5, 0.6) is 5.75 Å². The number of anilines is 1. The Hall–Kier alpha value is -2.12. The Morgan fingerprint density at radius 1 is 1.50 bits per heavy atom. The summed E-state index contributed by atoms with van der Waals surface area (Å²) in [5, 5.41) is 3.56. The molecule has 0 saturated carbocycles. The van der Waals surface area contributed by atoms with E-state index in [2.05, 4.69) is 15.0 Å². The van der Waals surface area contributed by atoms with Crippen molar-refractivity contribution in [3.63, 3.8) is 0 Å². The van der Waals surface area contributed by atoms with Crippen molar-refractivity contribution in [1.29, 1.82) is 0 Å². The average molecular weight is 339 g/mol. The highest BCUT2D eigenvalue weighted by atomic mass is 35.5. The van der Waals surface area contributed by atoms with Crippen molar-refractivity contribution in [3.05, 3.63) is 39.9 Å². The fraction of sp³-hybridized carbons (Fsp3) is 0.214. The van der Waals surface area contributed by atoms with Crippen molar-refractivity contribution in [3.8, 4) is 5.75 Å². The summed E-state index contributed by atoms with van der Waals surface area (Å²) in [6.07, 6.45) is 1.16. The summed E-state index contributed by atoms with van der Waals surface area (Å²) in [7, 11) is 1.29. The minimum atomic E-state index is -0.640. The molecule has 1 N–H and O–H groups in total. The molecule has 1 unspecified atom stereocenters. The largest absolute Gasteiger partial charge is 0.480 e. The van der Waals surface area contributed by atoms with Crippen LogP contribution in [0.3, 0.4) is 0 Å². The first kappa shape index (κ1) is 14.8. The molecule has 0 fully saturated rings. The smallest absolute Gasteiger partial charge is 0.349 e. The summed E-state index contributed by atoms with van der Waals surface area (Å²) < 4.78 is 10.2. The van der Waals surface area contributed by atoms with Crippen LogP contribution in [0.4, 0.5) is 5.13 Å². The zero-order valence-electron chi connectivity index (χ0n) is 11.5. The van der Waals surface area contributed by atoms with Gasteiger partial charge in [-0.25, -0.2) is 9.78 Å². The predicted octanol–water partition coefficient (Wildman–Crippen LogP) is 2.53. The Morgan fingerprint density at radius 2 is 2.32 bits per heavy atom. The third-order valence-electron chi connectivity index (χ3n) is 3.11. The van der Waals surface area contributed by atoms with Crippen LogP contribution in [0, 0.1) is 0 Å². The lowest BCUT2D eigenvalue weighted by atomic mass is 10.1. The standard InChI is InChI=1S/C14H11ClN2O4S/c1-20-13(19)11-6-16-14(22-11)17-12(18)10-5-7-4-8(15)2-3-9(7)21-10/h2-4,6,10H,5H2,1H3,(H,16,17,18). The average Bonchev–Trinajstić information content (AvgIpc) is 3.12. The quantitative estimate of drug-likeness (QED) is 0.870. The van der Waals surface area contributed by atoms with Crippen LogP contribution >= 0.6 is 22.9 Å². The van der Waals surface area contributed by atoms with E-state index in [0.29, 0.717) is 27.2 Å². The number of halogens is 1. The van der Waals surface area contributed by atoms with E-state index in [1.54, 1.807) is 18.2 Å². The number of rotatable bonds is 3. The van der Waals surface area contributed by atoms with Crippen molar-refractivity contribution in [2.45, 2.75) is 12.5 Å². The summed E-state index contributed by atoms with van der Waals surface area (Å²) in [5.41, 5.74) is 0.891.